The minimum Gasteiger partial charge on any atom is -0.351 e. The van der Waals surface area contributed by atoms with E-state index in [2.05, 4.69) is 16.0 Å². The zero-order valence-corrected chi connectivity index (χ0v) is 12.7. The largest absolute Gasteiger partial charge is 0.351 e. The van der Waals surface area contributed by atoms with Crippen LogP contribution in [-0.2, 0) is 9.59 Å². The first kappa shape index (κ1) is 15.5. The van der Waals surface area contributed by atoms with Gasteiger partial charge < -0.3 is 21.7 Å². The summed E-state index contributed by atoms with van der Waals surface area (Å²) in [4.78, 5) is 35.1. The summed E-state index contributed by atoms with van der Waals surface area (Å²) in [5.41, 5.74) is 7.59. The number of para-hydroxylation sites is 1. The van der Waals surface area contributed by atoms with E-state index in [1.165, 1.54) is 0 Å². The van der Waals surface area contributed by atoms with Crippen LogP contribution in [0.4, 0.5) is 21.9 Å². The van der Waals surface area contributed by atoms with Gasteiger partial charge in [-0.1, -0.05) is 18.2 Å². The highest BCUT2D eigenvalue weighted by molar-refractivity contribution is 6.05. The van der Waals surface area contributed by atoms with E-state index in [0.717, 1.165) is 5.56 Å². The van der Waals surface area contributed by atoms with Crippen molar-refractivity contribution < 1.29 is 14.4 Å². The second-order valence-corrected chi connectivity index (χ2v) is 5.45. The van der Waals surface area contributed by atoms with E-state index >= 15 is 0 Å². The monoisotopic (exact) mass is 324 g/mol. The fraction of sp³-hybridized carbons (Fsp3) is 0.118. The van der Waals surface area contributed by atoms with E-state index in [1.807, 2.05) is 18.2 Å². The number of carbonyl (C=O) groups excluding carboxylic acids is 3. The number of amides is 4. The van der Waals surface area contributed by atoms with Crippen molar-refractivity contribution in [2.75, 3.05) is 16.0 Å². The maximum absolute atomic E-state index is 12.6. The van der Waals surface area contributed by atoms with E-state index in [-0.39, 0.29) is 18.2 Å². The third-order valence-corrected chi connectivity index (χ3v) is 3.74. The topological polar surface area (TPSA) is 113 Å². The molecule has 0 fully saturated rings. The third kappa shape index (κ3) is 3.35. The molecular formula is C17H16N4O3. The number of hydrogen-bond acceptors (Lipinski definition) is 3. The van der Waals surface area contributed by atoms with Crippen molar-refractivity contribution in [3.63, 3.8) is 0 Å². The Kier molecular flexibility index (Phi) is 4.15. The van der Waals surface area contributed by atoms with Gasteiger partial charge in [-0.15, -0.1) is 0 Å². The first-order chi connectivity index (χ1) is 11.5. The minimum absolute atomic E-state index is 0.101. The van der Waals surface area contributed by atoms with Crippen LogP contribution in [0.15, 0.2) is 48.5 Å². The van der Waals surface area contributed by atoms with Crippen LogP contribution in [0.2, 0.25) is 0 Å². The molecule has 1 aliphatic heterocycles. The van der Waals surface area contributed by atoms with Gasteiger partial charge in [-0.05, 0) is 35.9 Å². The predicted octanol–water partition coefficient (Wildman–Crippen LogP) is 2.24. The van der Waals surface area contributed by atoms with Gasteiger partial charge in [0.1, 0.15) is 0 Å². The highest BCUT2D eigenvalue weighted by atomic mass is 16.2. The van der Waals surface area contributed by atoms with Crippen molar-refractivity contribution in [1.29, 1.82) is 0 Å². The number of rotatable bonds is 3. The summed E-state index contributed by atoms with van der Waals surface area (Å²) in [6.45, 7) is 0. The Bertz CT molecular complexity index is 802. The Morgan fingerprint density at radius 3 is 2.29 bits per heavy atom. The molecule has 0 aliphatic carbocycles. The highest BCUT2D eigenvalue weighted by Gasteiger charge is 2.30. The quantitative estimate of drug-likeness (QED) is 0.694. The van der Waals surface area contributed by atoms with Crippen molar-refractivity contribution in [3.05, 3.63) is 54.1 Å². The molecule has 24 heavy (non-hydrogen) atoms. The Labute approximate surface area is 138 Å². The molecule has 0 bridgehead atoms. The van der Waals surface area contributed by atoms with Gasteiger partial charge in [-0.3, -0.25) is 9.59 Å². The van der Waals surface area contributed by atoms with Gasteiger partial charge in [0.25, 0.3) is 0 Å². The smallest absolute Gasteiger partial charge is 0.316 e. The molecule has 2 aromatic carbocycles. The molecule has 5 N–H and O–H groups in total. The van der Waals surface area contributed by atoms with E-state index in [4.69, 9.17) is 5.73 Å². The average molecular weight is 324 g/mol. The third-order valence-electron chi connectivity index (χ3n) is 3.74. The Hall–Kier alpha value is -3.35. The molecule has 2 aromatic rings. The lowest BCUT2D eigenvalue weighted by Crippen LogP contribution is -2.30. The van der Waals surface area contributed by atoms with Crippen LogP contribution in [-0.4, -0.2) is 17.8 Å². The standard InChI is InChI=1S/C17H16N4O3/c18-17(24)20-11-7-5-10(6-8-11)19-16(23)13-9-15(22)21-14-4-2-1-3-12(13)14/h1-8,13H,9H2,(H,19,23)(H,21,22)(H3,18,20,24). The number of carbonyl (C=O) groups is 3. The van der Waals surface area contributed by atoms with Gasteiger partial charge in [0, 0.05) is 23.5 Å². The number of hydrogen-bond donors (Lipinski definition) is 4. The Morgan fingerprint density at radius 2 is 1.62 bits per heavy atom. The molecule has 1 atom stereocenters. The van der Waals surface area contributed by atoms with Crippen molar-refractivity contribution in [3.8, 4) is 0 Å². The van der Waals surface area contributed by atoms with Gasteiger partial charge in [-0.25, -0.2) is 4.79 Å². The molecular weight excluding hydrogens is 308 g/mol. The van der Waals surface area contributed by atoms with E-state index in [0.29, 0.717) is 17.1 Å². The molecule has 4 amide bonds. The van der Waals surface area contributed by atoms with Crippen LogP contribution < -0.4 is 21.7 Å². The van der Waals surface area contributed by atoms with Gasteiger partial charge in [0.2, 0.25) is 11.8 Å². The summed E-state index contributed by atoms with van der Waals surface area (Å²) in [6.07, 6.45) is 0.101. The molecule has 0 saturated carbocycles. The first-order valence-electron chi connectivity index (χ1n) is 7.39. The molecule has 7 heteroatoms. The maximum atomic E-state index is 12.6. The van der Waals surface area contributed by atoms with Gasteiger partial charge in [-0.2, -0.15) is 0 Å². The summed E-state index contributed by atoms with van der Waals surface area (Å²) >= 11 is 0. The molecule has 3 rings (SSSR count). The number of urea groups is 1. The first-order valence-corrected chi connectivity index (χ1v) is 7.39. The molecule has 122 valence electrons. The molecule has 7 nitrogen and oxygen atoms in total. The van der Waals surface area contributed by atoms with E-state index in [9.17, 15) is 14.4 Å². The fourth-order valence-corrected chi connectivity index (χ4v) is 2.65. The van der Waals surface area contributed by atoms with E-state index in [1.54, 1.807) is 30.3 Å². The summed E-state index contributed by atoms with van der Waals surface area (Å²) < 4.78 is 0. The highest BCUT2D eigenvalue weighted by Crippen LogP contribution is 2.32. The molecule has 0 spiro atoms. The summed E-state index contributed by atoms with van der Waals surface area (Å²) in [5.74, 6) is -0.985. The van der Waals surface area contributed by atoms with Crippen molar-refractivity contribution >= 4 is 34.9 Å². The summed E-state index contributed by atoms with van der Waals surface area (Å²) in [5, 5.41) is 7.99. The van der Waals surface area contributed by atoms with E-state index < -0.39 is 11.9 Å². The number of nitrogens with two attached hydrogens (primary N) is 1. The molecule has 1 aliphatic rings. The molecule has 1 unspecified atom stereocenters. The van der Waals surface area contributed by atoms with Crippen LogP contribution in [0.1, 0.15) is 17.9 Å². The lowest BCUT2D eigenvalue weighted by molar-refractivity contribution is -0.123. The maximum Gasteiger partial charge on any atom is 0.316 e. The summed E-state index contributed by atoms with van der Waals surface area (Å²) in [6, 6.07) is 13.1. The fourth-order valence-electron chi connectivity index (χ4n) is 2.65. The normalized spacial score (nSPS) is 15.8. The van der Waals surface area contributed by atoms with Crippen molar-refractivity contribution in [2.24, 2.45) is 5.73 Å². The van der Waals surface area contributed by atoms with Gasteiger partial charge >= 0.3 is 6.03 Å². The van der Waals surface area contributed by atoms with Gasteiger partial charge in [0.15, 0.2) is 0 Å². The van der Waals surface area contributed by atoms with Crippen LogP contribution in [0.3, 0.4) is 0 Å². The number of fused-ring (bicyclic) bond motifs is 1. The van der Waals surface area contributed by atoms with Crippen LogP contribution >= 0.6 is 0 Å². The summed E-state index contributed by atoms with van der Waals surface area (Å²) in [7, 11) is 0. The second kappa shape index (κ2) is 6.41. The van der Waals surface area contributed by atoms with Crippen LogP contribution in [0, 0.1) is 0 Å². The average Bonchev–Trinajstić information content (AvgIpc) is 2.55. The minimum atomic E-state index is -0.656. The number of anilines is 3. The molecule has 0 radical (unpaired) electrons. The molecule has 0 saturated heterocycles. The molecule has 0 aromatic heterocycles. The second-order valence-electron chi connectivity index (χ2n) is 5.45. The van der Waals surface area contributed by atoms with Crippen LogP contribution in [0.5, 0.6) is 0 Å². The number of benzene rings is 2. The lowest BCUT2D eigenvalue weighted by Gasteiger charge is -2.24. The van der Waals surface area contributed by atoms with Gasteiger partial charge in [0.05, 0.1) is 5.92 Å². The zero-order valence-electron chi connectivity index (χ0n) is 12.7. The van der Waals surface area contributed by atoms with Crippen LogP contribution in [0.25, 0.3) is 0 Å². The lowest BCUT2D eigenvalue weighted by atomic mass is 9.90. The SMILES string of the molecule is NC(=O)Nc1ccc(NC(=O)C2CC(=O)Nc3ccccc32)cc1. The number of primary amides is 1. The zero-order chi connectivity index (χ0) is 17.1. The predicted molar refractivity (Wildman–Crippen MR) is 90.7 cm³/mol. The Balaban J connectivity index is 1.75. The molecule has 1 heterocycles. The number of nitrogens with one attached hydrogen (secondary N) is 3. The Morgan fingerprint density at radius 1 is 1.00 bits per heavy atom. The van der Waals surface area contributed by atoms with Crippen molar-refractivity contribution in [2.45, 2.75) is 12.3 Å². The van der Waals surface area contributed by atoms with Crippen molar-refractivity contribution in [1.82, 2.24) is 0 Å².